The van der Waals surface area contributed by atoms with Crippen molar-refractivity contribution in [3.05, 3.63) is 23.9 Å². The molecule has 18 heavy (non-hydrogen) atoms. The van der Waals surface area contributed by atoms with Crippen LogP contribution in [-0.4, -0.2) is 45.4 Å². The molecule has 0 aromatic carbocycles. The van der Waals surface area contributed by atoms with Crippen LogP contribution < -0.4 is 15.5 Å². The molecule has 0 saturated carbocycles. The van der Waals surface area contributed by atoms with Gasteiger partial charge in [0.15, 0.2) is 0 Å². The Balaban J connectivity index is 2.45. The third kappa shape index (κ3) is 4.58. The molecule has 0 aliphatic rings. The zero-order valence-corrected chi connectivity index (χ0v) is 11.1. The van der Waals surface area contributed by atoms with Crippen molar-refractivity contribution in [2.75, 3.05) is 39.3 Å². The van der Waals surface area contributed by atoms with Crippen LogP contribution in [0.15, 0.2) is 18.3 Å². The fraction of sp³-hybridized carbons (Fsp3) is 0.500. The molecule has 0 bridgehead atoms. The van der Waals surface area contributed by atoms with Gasteiger partial charge in [-0.2, -0.15) is 0 Å². The monoisotopic (exact) mass is 252 g/mol. The first kappa shape index (κ1) is 14.2. The topological polar surface area (TPSA) is 66.5 Å². The van der Waals surface area contributed by atoms with E-state index in [1.54, 1.807) is 13.3 Å². The fourth-order valence-electron chi connectivity index (χ4n) is 1.48. The molecule has 6 heteroatoms. The van der Waals surface area contributed by atoms with Crippen LogP contribution in [-0.2, 0) is 11.3 Å². The lowest BCUT2D eigenvalue weighted by atomic mass is 10.2. The van der Waals surface area contributed by atoms with E-state index in [0.717, 1.165) is 11.4 Å². The Morgan fingerprint density at radius 2 is 2.22 bits per heavy atom. The van der Waals surface area contributed by atoms with E-state index in [1.165, 1.54) is 0 Å². The summed E-state index contributed by atoms with van der Waals surface area (Å²) in [6.07, 6.45) is 1.73. The molecular weight excluding hydrogens is 232 g/mol. The molecule has 0 atom stereocenters. The van der Waals surface area contributed by atoms with Crippen molar-refractivity contribution in [1.29, 1.82) is 0 Å². The molecule has 0 aliphatic heterocycles. The number of aromatic nitrogens is 1. The summed E-state index contributed by atoms with van der Waals surface area (Å²) < 4.78 is 4.85. The molecule has 0 unspecified atom stereocenters. The van der Waals surface area contributed by atoms with Crippen LogP contribution in [0.3, 0.4) is 0 Å². The van der Waals surface area contributed by atoms with E-state index in [4.69, 9.17) is 4.74 Å². The Hall–Kier alpha value is -1.82. The number of carbonyl (C=O) groups is 1. The van der Waals surface area contributed by atoms with Gasteiger partial charge in [-0.25, -0.2) is 9.78 Å². The van der Waals surface area contributed by atoms with E-state index in [9.17, 15) is 4.79 Å². The summed E-state index contributed by atoms with van der Waals surface area (Å²) in [5, 5.41) is 5.47. The first-order valence-electron chi connectivity index (χ1n) is 5.77. The number of hydrogen-bond acceptors (Lipinski definition) is 4. The molecule has 0 radical (unpaired) electrons. The van der Waals surface area contributed by atoms with Gasteiger partial charge in [0.2, 0.25) is 0 Å². The number of hydrogen-bond donors (Lipinski definition) is 2. The average Bonchev–Trinajstić information content (AvgIpc) is 2.37. The van der Waals surface area contributed by atoms with Gasteiger partial charge in [-0.3, -0.25) is 0 Å². The van der Waals surface area contributed by atoms with Crippen LogP contribution in [0.5, 0.6) is 0 Å². The van der Waals surface area contributed by atoms with Crippen molar-refractivity contribution >= 4 is 11.8 Å². The van der Waals surface area contributed by atoms with E-state index >= 15 is 0 Å². The highest BCUT2D eigenvalue weighted by molar-refractivity contribution is 5.74. The Morgan fingerprint density at radius 3 is 2.89 bits per heavy atom. The highest BCUT2D eigenvalue weighted by Gasteiger charge is 2.06. The minimum atomic E-state index is -0.208. The Bertz CT molecular complexity index is 382. The standard InChI is InChI=1S/C12H20N4O2/c1-16(2)11-10(5-4-6-13-11)9-15-12(17)14-7-8-18-3/h4-6H,7-9H2,1-3H3,(H2,14,15,17). The highest BCUT2D eigenvalue weighted by atomic mass is 16.5. The van der Waals surface area contributed by atoms with Crippen molar-refractivity contribution in [2.45, 2.75) is 6.54 Å². The zero-order chi connectivity index (χ0) is 13.4. The molecule has 1 heterocycles. The molecule has 1 aromatic heterocycles. The van der Waals surface area contributed by atoms with Crippen LogP contribution in [0.4, 0.5) is 10.6 Å². The maximum Gasteiger partial charge on any atom is 0.315 e. The van der Waals surface area contributed by atoms with E-state index in [1.807, 2.05) is 31.1 Å². The number of amides is 2. The number of nitrogens with zero attached hydrogens (tertiary/aromatic N) is 2. The maximum atomic E-state index is 11.5. The van der Waals surface area contributed by atoms with Crippen molar-refractivity contribution in [1.82, 2.24) is 15.6 Å². The summed E-state index contributed by atoms with van der Waals surface area (Å²) in [6.45, 7) is 1.44. The van der Waals surface area contributed by atoms with Crippen LogP contribution in [0.2, 0.25) is 0 Å². The highest BCUT2D eigenvalue weighted by Crippen LogP contribution is 2.13. The normalized spacial score (nSPS) is 9.94. The third-order valence-electron chi connectivity index (χ3n) is 2.32. The quantitative estimate of drug-likeness (QED) is 0.727. The Labute approximate surface area is 107 Å². The van der Waals surface area contributed by atoms with E-state index < -0.39 is 0 Å². The largest absolute Gasteiger partial charge is 0.383 e. The number of rotatable bonds is 6. The molecular formula is C12H20N4O2. The third-order valence-corrected chi connectivity index (χ3v) is 2.32. The predicted octanol–water partition coefficient (Wildman–Crippen LogP) is 0.593. The minimum Gasteiger partial charge on any atom is -0.383 e. The number of methoxy groups -OCH3 is 1. The van der Waals surface area contributed by atoms with Gasteiger partial charge in [-0.15, -0.1) is 0 Å². The molecule has 1 rings (SSSR count). The van der Waals surface area contributed by atoms with Crippen LogP contribution in [0, 0.1) is 0 Å². The van der Waals surface area contributed by atoms with Gasteiger partial charge in [-0.05, 0) is 6.07 Å². The van der Waals surface area contributed by atoms with Gasteiger partial charge in [0.05, 0.1) is 6.61 Å². The van der Waals surface area contributed by atoms with Gasteiger partial charge >= 0.3 is 6.03 Å². The van der Waals surface area contributed by atoms with Crippen molar-refractivity contribution < 1.29 is 9.53 Å². The molecule has 0 spiro atoms. The lowest BCUT2D eigenvalue weighted by Crippen LogP contribution is -2.37. The summed E-state index contributed by atoms with van der Waals surface area (Å²) in [4.78, 5) is 17.6. The second-order valence-corrected chi connectivity index (χ2v) is 3.98. The van der Waals surface area contributed by atoms with E-state index in [-0.39, 0.29) is 6.03 Å². The Morgan fingerprint density at radius 1 is 1.44 bits per heavy atom. The van der Waals surface area contributed by atoms with Crippen LogP contribution in [0.25, 0.3) is 0 Å². The average molecular weight is 252 g/mol. The van der Waals surface area contributed by atoms with Crippen LogP contribution >= 0.6 is 0 Å². The lowest BCUT2D eigenvalue weighted by molar-refractivity contribution is 0.196. The van der Waals surface area contributed by atoms with E-state index in [2.05, 4.69) is 15.6 Å². The molecule has 0 fully saturated rings. The maximum absolute atomic E-state index is 11.5. The SMILES string of the molecule is COCCNC(=O)NCc1cccnc1N(C)C. The molecule has 6 nitrogen and oxygen atoms in total. The minimum absolute atomic E-state index is 0.208. The molecule has 0 aliphatic carbocycles. The number of ether oxygens (including phenoxy) is 1. The molecule has 1 aromatic rings. The second-order valence-electron chi connectivity index (χ2n) is 3.98. The number of anilines is 1. The first-order chi connectivity index (χ1) is 8.65. The number of pyridine rings is 1. The van der Waals surface area contributed by atoms with Crippen molar-refractivity contribution in [2.24, 2.45) is 0 Å². The fourth-order valence-corrected chi connectivity index (χ4v) is 1.48. The number of urea groups is 1. The number of nitrogens with one attached hydrogen (secondary N) is 2. The molecule has 100 valence electrons. The summed E-state index contributed by atoms with van der Waals surface area (Å²) in [6, 6.07) is 3.59. The summed E-state index contributed by atoms with van der Waals surface area (Å²) in [5.74, 6) is 0.856. The second kappa shape index (κ2) is 7.50. The molecule has 2 amide bonds. The Kier molecular flexibility index (Phi) is 5.93. The van der Waals surface area contributed by atoms with Crippen molar-refractivity contribution in [3.63, 3.8) is 0 Å². The van der Waals surface area contributed by atoms with Crippen LogP contribution in [0.1, 0.15) is 5.56 Å². The predicted molar refractivity (Wildman–Crippen MR) is 70.7 cm³/mol. The summed E-state index contributed by atoms with van der Waals surface area (Å²) >= 11 is 0. The first-order valence-corrected chi connectivity index (χ1v) is 5.77. The lowest BCUT2D eigenvalue weighted by Gasteiger charge is -2.16. The van der Waals surface area contributed by atoms with E-state index in [0.29, 0.717) is 19.7 Å². The van der Waals surface area contributed by atoms with Gasteiger partial charge in [0.25, 0.3) is 0 Å². The summed E-state index contributed by atoms with van der Waals surface area (Å²) in [5.41, 5.74) is 0.976. The molecule has 2 N–H and O–H groups in total. The van der Waals surface area contributed by atoms with Gasteiger partial charge in [-0.1, -0.05) is 6.07 Å². The van der Waals surface area contributed by atoms with Gasteiger partial charge in [0.1, 0.15) is 5.82 Å². The number of carbonyl (C=O) groups excluding carboxylic acids is 1. The summed E-state index contributed by atoms with van der Waals surface area (Å²) in [7, 11) is 5.44. The smallest absolute Gasteiger partial charge is 0.315 e. The van der Waals surface area contributed by atoms with Gasteiger partial charge in [0, 0.05) is 46.1 Å². The van der Waals surface area contributed by atoms with Crippen molar-refractivity contribution in [3.8, 4) is 0 Å². The zero-order valence-electron chi connectivity index (χ0n) is 11.1. The molecule has 0 saturated heterocycles. The van der Waals surface area contributed by atoms with Gasteiger partial charge < -0.3 is 20.3 Å².